The zero-order chi connectivity index (χ0) is 24.5. The summed E-state index contributed by atoms with van der Waals surface area (Å²) in [6, 6.07) is 15.6. The average Bonchev–Trinajstić information content (AvgIpc) is 3.37. The quantitative estimate of drug-likeness (QED) is 0.217. The molecule has 1 fully saturated rings. The molecule has 1 saturated heterocycles. The largest absolute Gasteiger partial charge is 0.454 e. The van der Waals surface area contributed by atoms with Crippen LogP contribution in [0, 0.1) is 10.1 Å². The molecule has 0 bridgehead atoms. The molecular formula is C25H22N6O4S. The van der Waals surface area contributed by atoms with Gasteiger partial charge in [-0.05, 0) is 29.8 Å². The molecule has 6 rings (SSSR count). The second kappa shape index (κ2) is 9.59. The highest BCUT2D eigenvalue weighted by atomic mass is 32.2. The van der Waals surface area contributed by atoms with Crippen LogP contribution in [0.4, 0.5) is 11.5 Å². The van der Waals surface area contributed by atoms with Crippen molar-refractivity contribution in [1.29, 1.82) is 0 Å². The number of aromatic nitrogens is 3. The van der Waals surface area contributed by atoms with Crippen molar-refractivity contribution in [1.82, 2.24) is 19.9 Å². The second-order valence-corrected chi connectivity index (χ2v) is 9.52. The summed E-state index contributed by atoms with van der Waals surface area (Å²) in [5.41, 5.74) is 1.86. The Kier molecular flexibility index (Phi) is 5.99. The first-order valence-electron chi connectivity index (χ1n) is 11.5. The minimum absolute atomic E-state index is 0.0698. The summed E-state index contributed by atoms with van der Waals surface area (Å²) in [4.78, 5) is 30.0. The maximum atomic E-state index is 12.2. The monoisotopic (exact) mass is 502 g/mol. The van der Waals surface area contributed by atoms with Crippen LogP contribution in [-0.2, 0) is 6.54 Å². The van der Waals surface area contributed by atoms with Crippen LogP contribution in [0.2, 0.25) is 0 Å². The number of hydrogen-bond donors (Lipinski definition) is 0. The van der Waals surface area contributed by atoms with Gasteiger partial charge in [-0.15, -0.1) is 0 Å². The van der Waals surface area contributed by atoms with E-state index in [0.29, 0.717) is 23.9 Å². The Morgan fingerprint density at radius 3 is 2.67 bits per heavy atom. The van der Waals surface area contributed by atoms with Crippen molar-refractivity contribution in [3.8, 4) is 11.5 Å². The third kappa shape index (κ3) is 4.38. The van der Waals surface area contributed by atoms with E-state index in [1.807, 2.05) is 53.4 Å². The van der Waals surface area contributed by atoms with E-state index in [1.165, 1.54) is 18.1 Å². The summed E-state index contributed by atoms with van der Waals surface area (Å²) in [6.07, 6.45) is 3.12. The number of hydrogen-bond acceptors (Lipinski definition) is 10. The number of piperazine rings is 1. The Hall–Kier alpha value is -3.96. The molecule has 4 heterocycles. The highest BCUT2D eigenvalue weighted by Crippen LogP contribution is 2.40. The number of para-hydroxylation sites is 1. The fraction of sp³-hybridized carbons (Fsp3) is 0.240. The highest BCUT2D eigenvalue weighted by molar-refractivity contribution is 7.99. The number of fused-ring (bicyclic) bond motifs is 2. The van der Waals surface area contributed by atoms with Crippen LogP contribution in [0.5, 0.6) is 11.5 Å². The fourth-order valence-electron chi connectivity index (χ4n) is 4.50. The van der Waals surface area contributed by atoms with E-state index in [1.54, 1.807) is 6.20 Å². The lowest BCUT2D eigenvalue weighted by Gasteiger charge is -2.35. The van der Waals surface area contributed by atoms with E-state index in [2.05, 4.69) is 19.9 Å². The molecule has 0 aliphatic carbocycles. The first kappa shape index (κ1) is 22.5. The highest BCUT2D eigenvalue weighted by Gasteiger charge is 2.30. The van der Waals surface area contributed by atoms with E-state index in [0.717, 1.165) is 52.5 Å². The molecule has 0 radical (unpaired) electrons. The number of rotatable bonds is 6. The summed E-state index contributed by atoms with van der Waals surface area (Å²) < 4.78 is 10.9. The Balaban J connectivity index is 1.20. The van der Waals surface area contributed by atoms with Crippen LogP contribution in [0.15, 0.2) is 71.0 Å². The summed E-state index contributed by atoms with van der Waals surface area (Å²) in [5, 5.41) is 13.5. The maximum Gasteiger partial charge on any atom is 0.343 e. The van der Waals surface area contributed by atoms with Crippen LogP contribution in [-0.4, -0.2) is 57.7 Å². The lowest BCUT2D eigenvalue weighted by molar-refractivity contribution is -0.387. The number of pyridine rings is 1. The Labute approximate surface area is 211 Å². The predicted molar refractivity (Wildman–Crippen MR) is 135 cm³/mol. The number of ether oxygens (including phenoxy) is 2. The molecule has 2 aliphatic heterocycles. The molecule has 2 aromatic carbocycles. The maximum absolute atomic E-state index is 12.2. The normalized spacial score (nSPS) is 15.4. The van der Waals surface area contributed by atoms with E-state index in [9.17, 15) is 10.1 Å². The molecule has 36 heavy (non-hydrogen) atoms. The van der Waals surface area contributed by atoms with Gasteiger partial charge in [0.25, 0.3) is 0 Å². The van der Waals surface area contributed by atoms with Crippen LogP contribution >= 0.6 is 11.8 Å². The predicted octanol–water partition coefficient (Wildman–Crippen LogP) is 4.14. The van der Waals surface area contributed by atoms with Crippen LogP contribution in [0.3, 0.4) is 0 Å². The molecule has 0 saturated carbocycles. The lowest BCUT2D eigenvalue weighted by Crippen LogP contribution is -2.46. The zero-order valence-electron chi connectivity index (χ0n) is 19.2. The van der Waals surface area contributed by atoms with Crippen molar-refractivity contribution in [3.63, 3.8) is 0 Å². The standard InChI is InChI=1S/C25H22N6O4S/c32-31(33)23-24(27-15-28-25(23)36-21-5-1-3-18-4-2-8-26-22(18)21)30-11-9-29(10-12-30)14-17-6-7-19-20(13-17)35-16-34-19/h1-8,13,15H,9-12,14,16H2. The zero-order valence-corrected chi connectivity index (χ0v) is 20.1. The third-order valence-corrected chi connectivity index (χ3v) is 7.31. The molecule has 2 aliphatic rings. The summed E-state index contributed by atoms with van der Waals surface area (Å²) in [7, 11) is 0. The molecule has 0 atom stereocenters. The Morgan fingerprint density at radius 1 is 0.972 bits per heavy atom. The molecule has 0 spiro atoms. The van der Waals surface area contributed by atoms with Crippen molar-refractivity contribution in [3.05, 3.63) is 76.7 Å². The summed E-state index contributed by atoms with van der Waals surface area (Å²) >= 11 is 1.25. The lowest BCUT2D eigenvalue weighted by atomic mass is 10.1. The van der Waals surface area contributed by atoms with E-state index < -0.39 is 0 Å². The molecule has 0 N–H and O–H groups in total. The molecule has 4 aromatic rings. The van der Waals surface area contributed by atoms with Gasteiger partial charge in [-0.3, -0.25) is 20.0 Å². The van der Waals surface area contributed by atoms with Crippen molar-refractivity contribution in [2.75, 3.05) is 37.9 Å². The van der Waals surface area contributed by atoms with Crippen molar-refractivity contribution in [2.24, 2.45) is 0 Å². The van der Waals surface area contributed by atoms with Gasteiger partial charge in [-0.1, -0.05) is 36.0 Å². The Bertz CT molecular complexity index is 1440. The average molecular weight is 503 g/mol. The van der Waals surface area contributed by atoms with Gasteiger partial charge in [-0.25, -0.2) is 9.97 Å². The smallest absolute Gasteiger partial charge is 0.343 e. The van der Waals surface area contributed by atoms with Gasteiger partial charge >= 0.3 is 5.69 Å². The number of nitro groups is 1. The SMILES string of the molecule is O=[N+]([O-])c1c(Sc2cccc3cccnc23)ncnc1N1CCN(Cc2ccc3c(c2)OCO3)CC1. The molecular weight excluding hydrogens is 480 g/mol. The van der Waals surface area contributed by atoms with Crippen LogP contribution < -0.4 is 14.4 Å². The second-order valence-electron chi connectivity index (χ2n) is 8.49. The van der Waals surface area contributed by atoms with Crippen molar-refractivity contribution < 1.29 is 14.4 Å². The van der Waals surface area contributed by atoms with Gasteiger partial charge < -0.3 is 14.4 Å². The molecule has 2 aromatic heterocycles. The van der Waals surface area contributed by atoms with Gasteiger partial charge in [0.05, 0.1) is 10.4 Å². The van der Waals surface area contributed by atoms with E-state index in [4.69, 9.17) is 9.47 Å². The number of benzene rings is 2. The number of anilines is 1. The number of nitrogens with zero attached hydrogens (tertiary/aromatic N) is 6. The minimum Gasteiger partial charge on any atom is -0.454 e. The fourth-order valence-corrected chi connectivity index (χ4v) is 5.48. The third-order valence-electron chi connectivity index (χ3n) is 6.27. The van der Waals surface area contributed by atoms with Crippen molar-refractivity contribution in [2.45, 2.75) is 16.5 Å². The molecule has 10 nitrogen and oxygen atoms in total. The first-order valence-corrected chi connectivity index (χ1v) is 12.3. The minimum atomic E-state index is -0.380. The summed E-state index contributed by atoms with van der Waals surface area (Å²) in [6.45, 7) is 3.79. The van der Waals surface area contributed by atoms with Gasteiger partial charge in [0, 0.05) is 49.2 Å². The molecule has 0 unspecified atom stereocenters. The Morgan fingerprint density at radius 2 is 1.81 bits per heavy atom. The van der Waals surface area contributed by atoms with Crippen molar-refractivity contribution >= 4 is 34.2 Å². The first-order chi connectivity index (χ1) is 17.7. The topological polar surface area (TPSA) is 107 Å². The van der Waals surface area contributed by atoms with Gasteiger partial charge in [0.15, 0.2) is 16.5 Å². The molecule has 11 heteroatoms. The molecule has 0 amide bonds. The van der Waals surface area contributed by atoms with Crippen LogP contribution in [0.25, 0.3) is 10.9 Å². The molecule has 182 valence electrons. The van der Waals surface area contributed by atoms with E-state index >= 15 is 0 Å². The van der Waals surface area contributed by atoms with Gasteiger partial charge in [0.2, 0.25) is 12.6 Å². The van der Waals surface area contributed by atoms with E-state index in [-0.39, 0.29) is 17.4 Å². The van der Waals surface area contributed by atoms with Gasteiger partial charge in [0.1, 0.15) is 6.33 Å². The van der Waals surface area contributed by atoms with Crippen LogP contribution in [0.1, 0.15) is 5.56 Å². The summed E-state index contributed by atoms with van der Waals surface area (Å²) in [5.74, 6) is 1.90. The van der Waals surface area contributed by atoms with Gasteiger partial charge in [-0.2, -0.15) is 0 Å².